The van der Waals surface area contributed by atoms with Crippen molar-refractivity contribution in [2.75, 3.05) is 69.1 Å². The first-order valence-electron chi connectivity index (χ1n) is 12.7. The number of hydrogen-bond acceptors (Lipinski definition) is 9. The Morgan fingerprint density at radius 2 is 2.05 bits per heavy atom. The summed E-state index contributed by atoms with van der Waals surface area (Å²) in [6.45, 7) is 8.55. The van der Waals surface area contributed by atoms with Crippen molar-refractivity contribution in [3.63, 3.8) is 0 Å². The number of pyridine rings is 1. The first-order chi connectivity index (χ1) is 19.1. The van der Waals surface area contributed by atoms with Crippen LogP contribution in [0.2, 0.25) is 0 Å². The van der Waals surface area contributed by atoms with E-state index in [2.05, 4.69) is 37.0 Å². The van der Waals surface area contributed by atoms with Crippen LogP contribution in [0.5, 0.6) is 5.75 Å². The highest BCUT2D eigenvalue weighted by Gasteiger charge is 2.18. The van der Waals surface area contributed by atoms with Gasteiger partial charge in [0.2, 0.25) is 11.9 Å². The molecular weight excluding hydrogens is 496 g/mol. The summed E-state index contributed by atoms with van der Waals surface area (Å²) in [5.74, 6) is 0.662. The van der Waals surface area contributed by atoms with Gasteiger partial charge < -0.3 is 25.0 Å². The fourth-order valence-electron chi connectivity index (χ4n) is 4.48. The van der Waals surface area contributed by atoms with E-state index >= 15 is 0 Å². The van der Waals surface area contributed by atoms with Crippen molar-refractivity contribution in [1.82, 2.24) is 24.3 Å². The number of rotatable bonds is 10. The van der Waals surface area contributed by atoms with Gasteiger partial charge in [0.05, 0.1) is 55.0 Å². The molecule has 11 nitrogen and oxygen atoms in total. The van der Waals surface area contributed by atoms with Gasteiger partial charge in [-0.1, -0.05) is 12.6 Å². The van der Waals surface area contributed by atoms with Crippen LogP contribution in [0, 0.1) is 0 Å². The number of amides is 1. The molecule has 202 valence electrons. The van der Waals surface area contributed by atoms with Gasteiger partial charge >= 0.3 is 0 Å². The number of carbonyl (C=O) groups excluding carboxylic acids is 1. The van der Waals surface area contributed by atoms with E-state index in [1.54, 1.807) is 19.5 Å². The SMILES string of the molecule is C=CC(=O)Nc1cc(Nc2nccc(-c3cnc4ccccn34)n2)c(OC)cc1N(C)CCN1CCOCC1. The number of methoxy groups -OCH3 is 1. The van der Waals surface area contributed by atoms with E-state index < -0.39 is 0 Å². The first-order valence-corrected chi connectivity index (χ1v) is 12.7. The lowest BCUT2D eigenvalue weighted by Crippen LogP contribution is -2.40. The van der Waals surface area contributed by atoms with Crippen LogP contribution in [0.4, 0.5) is 23.0 Å². The Morgan fingerprint density at radius 1 is 1.21 bits per heavy atom. The van der Waals surface area contributed by atoms with Crippen molar-refractivity contribution in [2.24, 2.45) is 0 Å². The molecule has 0 spiro atoms. The van der Waals surface area contributed by atoms with E-state index in [-0.39, 0.29) is 5.91 Å². The molecular formula is C28H32N8O3. The largest absolute Gasteiger partial charge is 0.494 e. The molecule has 0 bridgehead atoms. The van der Waals surface area contributed by atoms with E-state index in [1.165, 1.54) is 6.08 Å². The maximum absolute atomic E-state index is 12.3. The van der Waals surface area contributed by atoms with Crippen LogP contribution in [0.1, 0.15) is 0 Å². The number of benzene rings is 1. The maximum atomic E-state index is 12.3. The zero-order valence-electron chi connectivity index (χ0n) is 22.1. The van der Waals surface area contributed by atoms with Crippen molar-refractivity contribution >= 4 is 34.6 Å². The van der Waals surface area contributed by atoms with Gasteiger partial charge in [-0.15, -0.1) is 0 Å². The van der Waals surface area contributed by atoms with E-state index in [0.29, 0.717) is 28.8 Å². The highest BCUT2D eigenvalue weighted by atomic mass is 16.5. The Hall–Kier alpha value is -4.48. The Labute approximate surface area is 227 Å². The number of ether oxygens (including phenoxy) is 2. The number of anilines is 4. The molecule has 1 aromatic carbocycles. The minimum absolute atomic E-state index is 0.306. The summed E-state index contributed by atoms with van der Waals surface area (Å²) in [7, 11) is 3.60. The average molecular weight is 529 g/mol. The molecule has 4 heterocycles. The van der Waals surface area contributed by atoms with Crippen LogP contribution in [-0.4, -0.2) is 83.7 Å². The summed E-state index contributed by atoms with van der Waals surface area (Å²) >= 11 is 0. The third-order valence-electron chi connectivity index (χ3n) is 6.61. The lowest BCUT2D eigenvalue weighted by molar-refractivity contribution is -0.111. The minimum Gasteiger partial charge on any atom is -0.494 e. The topological polar surface area (TPSA) is 109 Å². The summed E-state index contributed by atoms with van der Waals surface area (Å²) in [5, 5.41) is 6.19. The van der Waals surface area contributed by atoms with Crippen LogP contribution >= 0.6 is 0 Å². The zero-order chi connectivity index (χ0) is 27.2. The Bertz CT molecular complexity index is 1460. The van der Waals surface area contributed by atoms with E-state index in [9.17, 15) is 4.79 Å². The summed E-state index contributed by atoms with van der Waals surface area (Å²) < 4.78 is 13.2. The molecule has 0 saturated carbocycles. The van der Waals surface area contributed by atoms with Crippen molar-refractivity contribution < 1.29 is 14.3 Å². The van der Waals surface area contributed by atoms with Crippen LogP contribution < -0.4 is 20.3 Å². The van der Waals surface area contributed by atoms with Gasteiger partial charge in [0.25, 0.3) is 0 Å². The molecule has 2 N–H and O–H groups in total. The number of imidazole rings is 1. The summed E-state index contributed by atoms with van der Waals surface area (Å²) in [6, 6.07) is 11.4. The lowest BCUT2D eigenvalue weighted by Gasteiger charge is -2.30. The van der Waals surface area contributed by atoms with Crippen molar-refractivity contribution in [3.05, 3.63) is 67.6 Å². The number of aromatic nitrogens is 4. The second-order valence-corrected chi connectivity index (χ2v) is 9.10. The van der Waals surface area contributed by atoms with E-state index in [1.807, 2.05) is 54.0 Å². The van der Waals surface area contributed by atoms with Gasteiger partial charge in [-0.25, -0.2) is 15.0 Å². The number of nitrogens with zero attached hydrogens (tertiary/aromatic N) is 6. The second kappa shape index (κ2) is 11.9. The van der Waals surface area contributed by atoms with E-state index in [0.717, 1.165) is 56.4 Å². The highest BCUT2D eigenvalue weighted by molar-refractivity contribution is 6.02. The monoisotopic (exact) mass is 528 g/mol. The molecule has 0 radical (unpaired) electrons. The molecule has 0 atom stereocenters. The number of nitrogens with one attached hydrogen (secondary N) is 2. The number of fused-ring (bicyclic) bond motifs is 1. The van der Waals surface area contributed by atoms with Crippen LogP contribution in [0.25, 0.3) is 17.0 Å². The van der Waals surface area contributed by atoms with Crippen molar-refractivity contribution in [2.45, 2.75) is 0 Å². The normalized spacial score (nSPS) is 13.7. The van der Waals surface area contributed by atoms with Crippen molar-refractivity contribution in [3.8, 4) is 17.1 Å². The van der Waals surface area contributed by atoms with Crippen LogP contribution in [0.15, 0.2) is 67.6 Å². The maximum Gasteiger partial charge on any atom is 0.247 e. The number of likely N-dealkylation sites (N-methyl/N-ethyl adjacent to an activating group) is 1. The first kappa shape index (κ1) is 26.1. The second-order valence-electron chi connectivity index (χ2n) is 9.10. The fourth-order valence-corrected chi connectivity index (χ4v) is 4.48. The quantitative estimate of drug-likeness (QED) is 0.299. The molecule has 3 aromatic heterocycles. The van der Waals surface area contributed by atoms with Crippen LogP contribution in [0.3, 0.4) is 0 Å². The summed E-state index contributed by atoms with van der Waals surface area (Å²) in [5.41, 5.74) is 4.44. The lowest BCUT2D eigenvalue weighted by atomic mass is 10.2. The third kappa shape index (κ3) is 6.00. The number of hydrogen-bond donors (Lipinski definition) is 2. The summed E-state index contributed by atoms with van der Waals surface area (Å²) in [4.78, 5) is 30.4. The molecule has 0 aliphatic carbocycles. The Morgan fingerprint density at radius 3 is 2.85 bits per heavy atom. The Balaban J connectivity index is 1.43. The standard InChI is InChI=1S/C28H32N8O3/c1-4-27(37)31-21-17-22(25(38-3)18-23(21)34(2)11-12-35-13-15-39-16-14-35)33-28-29-9-8-20(32-28)24-19-30-26-7-5-6-10-36(24)26/h4-10,17-19H,1,11-16H2,2-3H3,(H,31,37)(H,29,32,33). The molecule has 1 aliphatic heterocycles. The number of morpholine rings is 1. The average Bonchev–Trinajstić information content (AvgIpc) is 3.41. The molecule has 0 unspecified atom stereocenters. The molecule has 1 fully saturated rings. The van der Waals surface area contributed by atoms with Crippen molar-refractivity contribution in [1.29, 1.82) is 0 Å². The minimum atomic E-state index is -0.306. The van der Waals surface area contributed by atoms with Gasteiger partial charge in [0, 0.05) is 51.7 Å². The van der Waals surface area contributed by atoms with Gasteiger partial charge in [-0.2, -0.15) is 0 Å². The molecule has 1 aliphatic rings. The summed E-state index contributed by atoms with van der Waals surface area (Å²) in [6.07, 6.45) is 6.66. The van der Waals surface area contributed by atoms with Crippen LogP contribution in [-0.2, 0) is 9.53 Å². The van der Waals surface area contributed by atoms with E-state index in [4.69, 9.17) is 14.5 Å². The predicted octanol–water partition coefficient (Wildman–Crippen LogP) is 3.44. The van der Waals surface area contributed by atoms with Gasteiger partial charge in [0.1, 0.15) is 11.4 Å². The smallest absolute Gasteiger partial charge is 0.247 e. The molecule has 1 saturated heterocycles. The molecule has 4 aromatic rings. The highest BCUT2D eigenvalue weighted by Crippen LogP contribution is 2.38. The zero-order valence-corrected chi connectivity index (χ0v) is 22.1. The molecule has 5 rings (SSSR count). The molecule has 1 amide bonds. The predicted molar refractivity (Wildman–Crippen MR) is 152 cm³/mol. The third-order valence-corrected chi connectivity index (χ3v) is 6.61. The van der Waals surface area contributed by atoms with Gasteiger partial charge in [-0.3, -0.25) is 14.1 Å². The molecule has 39 heavy (non-hydrogen) atoms. The molecule has 11 heteroatoms. The number of carbonyl (C=O) groups is 1. The van der Waals surface area contributed by atoms with Gasteiger partial charge in [0.15, 0.2) is 0 Å². The Kier molecular flexibility index (Phi) is 7.99. The fraction of sp³-hybridized carbons (Fsp3) is 0.286. The van der Waals surface area contributed by atoms with Gasteiger partial charge in [-0.05, 0) is 30.3 Å².